The van der Waals surface area contributed by atoms with Crippen molar-refractivity contribution in [2.45, 2.75) is 18.8 Å². The standard InChI is InChI=1S/C18H15F3N2O4/c19-18(20,21)27-14-4-1-3-12(11-14)23-9-8-15(17(23)25)22-16(24)7-6-13-5-2-10-26-13/h1-7,10-11,15H,8-9H2,(H,22,24)/b7-6+/t15-/m0/s1. The molecular formula is C18H15F3N2O4. The van der Waals surface area contributed by atoms with Crippen LogP contribution in [0.15, 0.2) is 53.2 Å². The summed E-state index contributed by atoms with van der Waals surface area (Å²) in [6.45, 7) is 0.265. The van der Waals surface area contributed by atoms with Gasteiger partial charge in [0.25, 0.3) is 0 Å². The predicted octanol–water partition coefficient (Wildman–Crippen LogP) is 3.11. The van der Waals surface area contributed by atoms with E-state index in [1.54, 1.807) is 12.1 Å². The highest BCUT2D eigenvalue weighted by Crippen LogP contribution is 2.29. The van der Waals surface area contributed by atoms with Crippen LogP contribution in [0.1, 0.15) is 12.2 Å². The SMILES string of the molecule is O=C(/C=C/c1ccco1)N[C@H]1CCN(c2cccc(OC(F)(F)F)c2)C1=O. The molecule has 1 saturated heterocycles. The largest absolute Gasteiger partial charge is 0.573 e. The smallest absolute Gasteiger partial charge is 0.465 e. The summed E-state index contributed by atoms with van der Waals surface area (Å²) in [7, 11) is 0. The van der Waals surface area contributed by atoms with Gasteiger partial charge >= 0.3 is 6.36 Å². The Labute approximate surface area is 152 Å². The summed E-state index contributed by atoms with van der Waals surface area (Å²) in [5.74, 6) is -0.799. The number of furan rings is 1. The van der Waals surface area contributed by atoms with E-state index in [4.69, 9.17) is 4.42 Å². The van der Waals surface area contributed by atoms with Crippen molar-refractivity contribution in [1.82, 2.24) is 5.32 Å². The molecule has 0 aliphatic carbocycles. The lowest BCUT2D eigenvalue weighted by atomic mass is 10.2. The fourth-order valence-electron chi connectivity index (χ4n) is 2.68. The number of carbonyl (C=O) groups is 2. The molecule has 9 heteroatoms. The number of benzene rings is 1. The summed E-state index contributed by atoms with van der Waals surface area (Å²) in [6, 6.07) is 7.73. The second-order valence-electron chi connectivity index (χ2n) is 5.73. The van der Waals surface area contributed by atoms with Crippen LogP contribution >= 0.6 is 0 Å². The van der Waals surface area contributed by atoms with E-state index in [9.17, 15) is 22.8 Å². The molecule has 2 amide bonds. The van der Waals surface area contributed by atoms with Gasteiger partial charge < -0.3 is 19.4 Å². The maximum Gasteiger partial charge on any atom is 0.573 e. The Bertz CT molecular complexity index is 847. The van der Waals surface area contributed by atoms with Crippen LogP contribution in [0.25, 0.3) is 6.08 Å². The molecule has 0 unspecified atom stereocenters. The molecule has 1 aliphatic rings. The molecule has 1 N–H and O–H groups in total. The molecule has 1 aromatic heterocycles. The second kappa shape index (κ2) is 7.56. The van der Waals surface area contributed by atoms with Crippen molar-refractivity contribution in [3.63, 3.8) is 0 Å². The number of alkyl halides is 3. The van der Waals surface area contributed by atoms with Crippen LogP contribution in [0.2, 0.25) is 0 Å². The van der Waals surface area contributed by atoms with Crippen LogP contribution in [0.4, 0.5) is 18.9 Å². The minimum atomic E-state index is -4.82. The van der Waals surface area contributed by atoms with Crippen molar-refractivity contribution in [1.29, 1.82) is 0 Å². The number of halogens is 3. The third-order valence-corrected chi connectivity index (χ3v) is 3.83. The highest BCUT2D eigenvalue weighted by molar-refractivity contribution is 6.03. The maximum absolute atomic E-state index is 12.5. The first-order chi connectivity index (χ1) is 12.8. The molecule has 1 aliphatic heterocycles. The Morgan fingerprint density at radius 3 is 2.81 bits per heavy atom. The number of hydrogen-bond donors (Lipinski definition) is 1. The molecular weight excluding hydrogens is 365 g/mol. The quantitative estimate of drug-likeness (QED) is 0.809. The summed E-state index contributed by atoms with van der Waals surface area (Å²) in [6.07, 6.45) is -0.308. The molecule has 0 radical (unpaired) electrons. The molecule has 1 atom stereocenters. The van der Waals surface area contributed by atoms with Crippen molar-refractivity contribution < 1.29 is 31.9 Å². The molecule has 0 saturated carbocycles. The summed E-state index contributed by atoms with van der Waals surface area (Å²) in [5, 5.41) is 2.57. The molecule has 0 bridgehead atoms. The highest BCUT2D eigenvalue weighted by Gasteiger charge is 2.34. The third kappa shape index (κ3) is 4.90. The Balaban J connectivity index is 1.63. The van der Waals surface area contributed by atoms with Crippen molar-refractivity contribution in [3.05, 3.63) is 54.5 Å². The Morgan fingerprint density at radius 1 is 1.30 bits per heavy atom. The van der Waals surface area contributed by atoms with Crippen molar-refractivity contribution >= 4 is 23.6 Å². The van der Waals surface area contributed by atoms with E-state index in [1.807, 2.05) is 0 Å². The highest BCUT2D eigenvalue weighted by atomic mass is 19.4. The van der Waals surface area contributed by atoms with E-state index in [-0.39, 0.29) is 12.2 Å². The number of anilines is 1. The first kappa shape index (κ1) is 18.6. The van der Waals surface area contributed by atoms with E-state index in [0.29, 0.717) is 12.2 Å². The number of ether oxygens (including phenoxy) is 1. The van der Waals surface area contributed by atoms with Crippen LogP contribution in [0.5, 0.6) is 5.75 Å². The van der Waals surface area contributed by atoms with Crippen LogP contribution < -0.4 is 15.0 Å². The molecule has 2 aromatic rings. The summed E-state index contributed by atoms with van der Waals surface area (Å²) < 4.78 is 46.0. The fraction of sp³-hybridized carbons (Fsp3) is 0.222. The van der Waals surface area contributed by atoms with Gasteiger partial charge in [-0.05, 0) is 36.8 Å². The van der Waals surface area contributed by atoms with Crippen LogP contribution in [0.3, 0.4) is 0 Å². The molecule has 2 heterocycles. The molecule has 6 nitrogen and oxygen atoms in total. The first-order valence-corrected chi connectivity index (χ1v) is 8.01. The van der Waals surface area contributed by atoms with Crippen molar-refractivity contribution in [3.8, 4) is 5.75 Å². The van der Waals surface area contributed by atoms with Gasteiger partial charge in [0.05, 0.1) is 6.26 Å². The van der Waals surface area contributed by atoms with E-state index < -0.39 is 30.0 Å². The minimum absolute atomic E-state index is 0.265. The van der Waals surface area contributed by atoms with Gasteiger partial charge in [-0.1, -0.05) is 6.07 Å². The van der Waals surface area contributed by atoms with E-state index in [2.05, 4.69) is 10.1 Å². The Hall–Kier alpha value is -3.23. The molecule has 0 spiro atoms. The molecule has 1 fully saturated rings. The zero-order valence-electron chi connectivity index (χ0n) is 13.9. The average Bonchev–Trinajstić information content (AvgIpc) is 3.22. The van der Waals surface area contributed by atoms with Gasteiger partial charge in [-0.3, -0.25) is 9.59 Å². The van der Waals surface area contributed by atoms with Crippen LogP contribution in [0, 0.1) is 0 Å². The molecule has 142 valence electrons. The number of nitrogens with zero attached hydrogens (tertiary/aromatic N) is 1. The van der Waals surface area contributed by atoms with Gasteiger partial charge in [-0.25, -0.2) is 0 Å². The summed E-state index contributed by atoms with van der Waals surface area (Å²) >= 11 is 0. The monoisotopic (exact) mass is 380 g/mol. The first-order valence-electron chi connectivity index (χ1n) is 8.01. The van der Waals surface area contributed by atoms with Gasteiger partial charge in [0.1, 0.15) is 17.6 Å². The average molecular weight is 380 g/mol. The lowest BCUT2D eigenvalue weighted by Gasteiger charge is -2.18. The number of hydrogen-bond acceptors (Lipinski definition) is 4. The third-order valence-electron chi connectivity index (χ3n) is 3.83. The maximum atomic E-state index is 12.5. The van der Waals surface area contributed by atoms with Crippen molar-refractivity contribution in [2.24, 2.45) is 0 Å². The van der Waals surface area contributed by atoms with Gasteiger partial charge in [-0.15, -0.1) is 13.2 Å². The van der Waals surface area contributed by atoms with Gasteiger partial charge in [0.2, 0.25) is 11.8 Å². The number of nitrogens with one attached hydrogen (secondary N) is 1. The van der Waals surface area contributed by atoms with Gasteiger partial charge in [-0.2, -0.15) is 0 Å². The number of rotatable bonds is 5. The second-order valence-corrected chi connectivity index (χ2v) is 5.73. The van der Waals surface area contributed by atoms with Crippen LogP contribution in [-0.4, -0.2) is 30.8 Å². The topological polar surface area (TPSA) is 71.8 Å². The summed E-state index contributed by atoms with van der Waals surface area (Å²) in [5.41, 5.74) is 0.268. The zero-order valence-corrected chi connectivity index (χ0v) is 13.9. The normalized spacial score (nSPS) is 17.5. The molecule has 3 rings (SSSR count). The van der Waals surface area contributed by atoms with E-state index >= 15 is 0 Å². The summed E-state index contributed by atoms with van der Waals surface area (Å²) in [4.78, 5) is 25.7. The lowest BCUT2D eigenvalue weighted by molar-refractivity contribution is -0.274. The van der Waals surface area contributed by atoms with Crippen molar-refractivity contribution in [2.75, 3.05) is 11.4 Å². The Kier molecular flexibility index (Phi) is 5.20. The molecule has 1 aromatic carbocycles. The minimum Gasteiger partial charge on any atom is -0.465 e. The predicted molar refractivity (Wildman–Crippen MR) is 89.8 cm³/mol. The van der Waals surface area contributed by atoms with E-state index in [1.165, 1.54) is 35.4 Å². The zero-order chi connectivity index (χ0) is 19.4. The lowest BCUT2D eigenvalue weighted by Crippen LogP contribution is -2.40. The fourth-order valence-corrected chi connectivity index (χ4v) is 2.68. The van der Waals surface area contributed by atoms with Crippen LogP contribution in [-0.2, 0) is 9.59 Å². The van der Waals surface area contributed by atoms with E-state index in [0.717, 1.165) is 12.1 Å². The van der Waals surface area contributed by atoms with Gasteiger partial charge in [0.15, 0.2) is 0 Å². The number of amides is 2. The Morgan fingerprint density at radius 2 is 2.11 bits per heavy atom. The molecule has 27 heavy (non-hydrogen) atoms. The van der Waals surface area contributed by atoms with Gasteiger partial charge in [0, 0.05) is 24.4 Å². The number of carbonyl (C=O) groups excluding carboxylic acids is 2.